The Labute approximate surface area is 104 Å². The van der Waals surface area contributed by atoms with Crippen LogP contribution in [-0.2, 0) is 0 Å². The second kappa shape index (κ2) is 5.06. The third-order valence-electron chi connectivity index (χ3n) is 2.61. The summed E-state index contributed by atoms with van der Waals surface area (Å²) in [6, 6.07) is 3.73. The van der Waals surface area contributed by atoms with Crippen LogP contribution in [0.1, 0.15) is 31.4 Å². The van der Waals surface area contributed by atoms with Crippen LogP contribution in [0.4, 0.5) is 0 Å². The summed E-state index contributed by atoms with van der Waals surface area (Å²) in [6.07, 6.45) is 1.10. The maximum absolute atomic E-state index is 9.86. The second-order valence-electron chi connectivity index (χ2n) is 3.79. The van der Waals surface area contributed by atoms with E-state index in [4.69, 9.17) is 9.47 Å². The van der Waals surface area contributed by atoms with Gasteiger partial charge in [-0.2, -0.15) is 0 Å². The van der Waals surface area contributed by atoms with E-state index in [0.29, 0.717) is 19.6 Å². The maximum atomic E-state index is 9.86. The Kier molecular flexibility index (Phi) is 3.71. The minimum absolute atomic E-state index is 0.466. The fraction of sp³-hybridized carbons (Fsp3) is 0.500. The van der Waals surface area contributed by atoms with Crippen LogP contribution in [0, 0.1) is 0 Å². The SMILES string of the molecule is CC[C@H](O)c1cc2c(cc1Br)OCCCO2. The zero-order valence-corrected chi connectivity index (χ0v) is 10.8. The standard InChI is InChI=1S/C12H15BrO3/c1-2-10(14)8-6-11-12(7-9(8)13)16-5-3-4-15-11/h6-7,10,14H,2-5H2,1H3/t10-/m0/s1. The number of ether oxygens (including phenoxy) is 2. The number of aliphatic hydroxyl groups is 1. The number of hydrogen-bond acceptors (Lipinski definition) is 3. The van der Waals surface area contributed by atoms with Gasteiger partial charge in [0.15, 0.2) is 11.5 Å². The monoisotopic (exact) mass is 286 g/mol. The molecule has 16 heavy (non-hydrogen) atoms. The van der Waals surface area contributed by atoms with E-state index in [1.165, 1.54) is 0 Å². The van der Waals surface area contributed by atoms with Crippen molar-refractivity contribution < 1.29 is 14.6 Å². The molecule has 0 aromatic heterocycles. The van der Waals surface area contributed by atoms with Crippen molar-refractivity contribution in [2.75, 3.05) is 13.2 Å². The first kappa shape index (κ1) is 11.7. The quantitative estimate of drug-likeness (QED) is 0.908. The first-order chi connectivity index (χ1) is 7.72. The summed E-state index contributed by atoms with van der Waals surface area (Å²) in [5.41, 5.74) is 0.853. The molecule has 1 heterocycles. The predicted octanol–water partition coefficient (Wildman–Crippen LogP) is 3.05. The van der Waals surface area contributed by atoms with E-state index < -0.39 is 6.10 Å². The Hall–Kier alpha value is -0.740. The van der Waals surface area contributed by atoms with E-state index in [2.05, 4.69) is 15.9 Å². The molecule has 0 amide bonds. The van der Waals surface area contributed by atoms with E-state index in [0.717, 1.165) is 28.0 Å². The summed E-state index contributed by atoms with van der Waals surface area (Å²) < 4.78 is 12.0. The molecule has 1 atom stereocenters. The highest BCUT2D eigenvalue weighted by molar-refractivity contribution is 9.10. The van der Waals surface area contributed by atoms with Crippen LogP contribution in [0.15, 0.2) is 16.6 Å². The molecular formula is C12H15BrO3. The molecule has 1 aromatic rings. The lowest BCUT2D eigenvalue weighted by molar-refractivity contribution is 0.172. The van der Waals surface area contributed by atoms with Crippen molar-refractivity contribution in [1.29, 1.82) is 0 Å². The molecule has 3 nitrogen and oxygen atoms in total. The first-order valence-corrected chi connectivity index (χ1v) is 6.28. The zero-order chi connectivity index (χ0) is 11.5. The molecular weight excluding hydrogens is 272 g/mol. The minimum atomic E-state index is -0.466. The lowest BCUT2D eigenvalue weighted by Crippen LogP contribution is -1.99. The third-order valence-corrected chi connectivity index (χ3v) is 3.30. The van der Waals surface area contributed by atoms with Crippen molar-refractivity contribution >= 4 is 15.9 Å². The van der Waals surface area contributed by atoms with Crippen LogP contribution in [0.5, 0.6) is 11.5 Å². The molecule has 1 aliphatic rings. The number of rotatable bonds is 2. The molecule has 0 bridgehead atoms. The zero-order valence-electron chi connectivity index (χ0n) is 9.20. The van der Waals surface area contributed by atoms with Crippen molar-refractivity contribution in [1.82, 2.24) is 0 Å². The molecule has 1 aromatic carbocycles. The normalized spacial score (nSPS) is 16.7. The van der Waals surface area contributed by atoms with E-state index in [1.54, 1.807) is 0 Å². The van der Waals surface area contributed by atoms with Crippen LogP contribution >= 0.6 is 15.9 Å². The van der Waals surface area contributed by atoms with Crippen LogP contribution in [0.3, 0.4) is 0 Å². The number of fused-ring (bicyclic) bond motifs is 1. The Morgan fingerprint density at radius 3 is 2.56 bits per heavy atom. The minimum Gasteiger partial charge on any atom is -0.490 e. The summed E-state index contributed by atoms with van der Waals surface area (Å²) in [6.45, 7) is 3.28. The van der Waals surface area contributed by atoms with Crippen LogP contribution in [0.2, 0.25) is 0 Å². The molecule has 4 heteroatoms. The number of aliphatic hydroxyl groups excluding tert-OH is 1. The van der Waals surface area contributed by atoms with Gasteiger partial charge in [0.25, 0.3) is 0 Å². The summed E-state index contributed by atoms with van der Waals surface area (Å²) in [4.78, 5) is 0. The average Bonchev–Trinajstić information content (AvgIpc) is 2.51. The number of halogens is 1. The Morgan fingerprint density at radius 1 is 1.31 bits per heavy atom. The summed E-state index contributed by atoms with van der Waals surface area (Å²) in [5, 5.41) is 9.86. The molecule has 0 fully saturated rings. The molecule has 0 spiro atoms. The van der Waals surface area contributed by atoms with Gasteiger partial charge in [0, 0.05) is 10.9 Å². The molecule has 0 aliphatic carbocycles. The Bertz CT molecular complexity index is 379. The molecule has 0 radical (unpaired) electrons. The van der Waals surface area contributed by atoms with Crippen molar-refractivity contribution in [3.05, 3.63) is 22.2 Å². The van der Waals surface area contributed by atoms with Crippen molar-refractivity contribution in [3.8, 4) is 11.5 Å². The van der Waals surface area contributed by atoms with E-state index in [9.17, 15) is 5.11 Å². The van der Waals surface area contributed by atoms with Gasteiger partial charge in [0.1, 0.15) is 0 Å². The van der Waals surface area contributed by atoms with Crippen molar-refractivity contribution in [2.45, 2.75) is 25.9 Å². The predicted molar refractivity (Wildman–Crippen MR) is 65.0 cm³/mol. The maximum Gasteiger partial charge on any atom is 0.162 e. The molecule has 0 saturated carbocycles. The van der Waals surface area contributed by atoms with E-state index in [1.807, 2.05) is 19.1 Å². The van der Waals surface area contributed by atoms with E-state index >= 15 is 0 Å². The fourth-order valence-corrected chi connectivity index (χ4v) is 2.26. The lowest BCUT2D eigenvalue weighted by Gasteiger charge is -2.14. The molecule has 2 rings (SSSR count). The molecule has 88 valence electrons. The summed E-state index contributed by atoms with van der Waals surface area (Å²) >= 11 is 3.45. The van der Waals surface area contributed by atoms with Crippen LogP contribution in [0.25, 0.3) is 0 Å². The number of benzene rings is 1. The highest BCUT2D eigenvalue weighted by Crippen LogP contribution is 2.38. The second-order valence-corrected chi connectivity index (χ2v) is 4.65. The van der Waals surface area contributed by atoms with Gasteiger partial charge in [-0.1, -0.05) is 22.9 Å². The first-order valence-electron chi connectivity index (χ1n) is 5.49. The summed E-state index contributed by atoms with van der Waals surface area (Å²) in [7, 11) is 0. The van der Waals surface area contributed by atoms with E-state index in [-0.39, 0.29) is 0 Å². The average molecular weight is 287 g/mol. The Morgan fingerprint density at radius 2 is 1.94 bits per heavy atom. The van der Waals surface area contributed by atoms with Crippen molar-refractivity contribution in [3.63, 3.8) is 0 Å². The van der Waals surface area contributed by atoms with Gasteiger partial charge in [-0.3, -0.25) is 0 Å². The van der Waals surface area contributed by atoms with Gasteiger partial charge < -0.3 is 14.6 Å². The topological polar surface area (TPSA) is 38.7 Å². The molecule has 1 aliphatic heterocycles. The van der Waals surface area contributed by atoms with Gasteiger partial charge in [-0.25, -0.2) is 0 Å². The lowest BCUT2D eigenvalue weighted by atomic mass is 10.1. The van der Waals surface area contributed by atoms with Gasteiger partial charge in [0.2, 0.25) is 0 Å². The molecule has 1 N–H and O–H groups in total. The van der Waals surface area contributed by atoms with Gasteiger partial charge in [-0.15, -0.1) is 0 Å². The number of hydrogen-bond donors (Lipinski definition) is 1. The third kappa shape index (κ3) is 2.33. The highest BCUT2D eigenvalue weighted by atomic mass is 79.9. The van der Waals surface area contributed by atoms with Gasteiger partial charge >= 0.3 is 0 Å². The Balaban J connectivity index is 2.38. The molecule has 0 unspecified atom stereocenters. The fourth-order valence-electron chi connectivity index (χ4n) is 1.67. The van der Waals surface area contributed by atoms with Crippen molar-refractivity contribution in [2.24, 2.45) is 0 Å². The van der Waals surface area contributed by atoms with Gasteiger partial charge in [0.05, 0.1) is 19.3 Å². The summed E-state index contributed by atoms with van der Waals surface area (Å²) in [5.74, 6) is 1.47. The largest absolute Gasteiger partial charge is 0.490 e. The molecule has 0 saturated heterocycles. The highest BCUT2D eigenvalue weighted by Gasteiger charge is 2.17. The smallest absolute Gasteiger partial charge is 0.162 e. The van der Waals surface area contributed by atoms with Crippen LogP contribution in [-0.4, -0.2) is 18.3 Å². The van der Waals surface area contributed by atoms with Crippen LogP contribution < -0.4 is 9.47 Å². The van der Waals surface area contributed by atoms with Gasteiger partial charge in [-0.05, 0) is 24.1 Å².